The fourth-order valence-corrected chi connectivity index (χ4v) is 5.70. The van der Waals surface area contributed by atoms with Gasteiger partial charge in [0.05, 0.1) is 5.02 Å². The van der Waals surface area contributed by atoms with Crippen LogP contribution in [0, 0.1) is 0 Å². The summed E-state index contributed by atoms with van der Waals surface area (Å²) in [6.07, 6.45) is 1.93. The smallest absolute Gasteiger partial charge is 0.191 e. The summed E-state index contributed by atoms with van der Waals surface area (Å²) in [5.74, 6) is 2.97. The first-order valence-electron chi connectivity index (χ1n) is 9.97. The highest BCUT2D eigenvalue weighted by atomic mass is 35.5. The second kappa shape index (κ2) is 8.13. The van der Waals surface area contributed by atoms with Crippen molar-refractivity contribution < 1.29 is 4.43 Å². The summed E-state index contributed by atoms with van der Waals surface area (Å²) in [6, 6.07) is 7.87. The molecule has 1 aliphatic heterocycles. The number of hydrogen-bond donors (Lipinski definition) is 0. The minimum atomic E-state index is -1.71. The molecule has 2 heterocycles. The molecule has 7 heteroatoms. The second-order valence-corrected chi connectivity index (χ2v) is 16.3. The van der Waals surface area contributed by atoms with Crippen molar-refractivity contribution in [2.24, 2.45) is 0 Å². The zero-order valence-electron chi connectivity index (χ0n) is 17.9. The van der Waals surface area contributed by atoms with E-state index in [9.17, 15) is 0 Å². The van der Waals surface area contributed by atoms with Gasteiger partial charge in [-0.15, -0.1) is 10.2 Å². The third-order valence-electron chi connectivity index (χ3n) is 6.14. The molecule has 154 valence electrons. The van der Waals surface area contributed by atoms with E-state index in [1.807, 2.05) is 36.0 Å². The van der Waals surface area contributed by atoms with Crippen LogP contribution in [0.1, 0.15) is 39.9 Å². The average molecular weight is 438 g/mol. The molecular formula is C21H32ClN3OSSi. The third kappa shape index (κ3) is 4.66. The van der Waals surface area contributed by atoms with Gasteiger partial charge in [-0.2, -0.15) is 11.8 Å². The number of thioether (sulfide) groups is 1. The molecule has 0 radical (unpaired) electrons. The fraction of sp³-hybridized carbons (Fsp3) is 0.619. The Bertz CT molecular complexity index is 833. The van der Waals surface area contributed by atoms with Crippen LogP contribution in [0.2, 0.25) is 23.2 Å². The molecule has 0 fully saturated rings. The first kappa shape index (κ1) is 21.9. The molecule has 1 aromatic heterocycles. The first-order valence-corrected chi connectivity index (χ1v) is 14.2. The fourth-order valence-electron chi connectivity index (χ4n) is 3.21. The summed E-state index contributed by atoms with van der Waals surface area (Å²) >= 11 is 8.43. The Balaban J connectivity index is 1.74. The van der Waals surface area contributed by atoms with Crippen LogP contribution in [0.3, 0.4) is 0 Å². The van der Waals surface area contributed by atoms with E-state index in [4.69, 9.17) is 16.0 Å². The highest BCUT2D eigenvalue weighted by Gasteiger charge is 2.38. The number of fused-ring (bicyclic) bond motifs is 1. The Hall–Kier alpha value is -0.823. The van der Waals surface area contributed by atoms with Gasteiger partial charge in [-0.1, -0.05) is 44.5 Å². The molecule has 1 atom stereocenters. The predicted octanol–water partition coefficient (Wildman–Crippen LogP) is 6.06. The monoisotopic (exact) mass is 437 g/mol. The van der Waals surface area contributed by atoms with Gasteiger partial charge in [-0.3, -0.25) is 0 Å². The molecule has 0 spiro atoms. The maximum Gasteiger partial charge on any atom is 0.191 e. The molecule has 0 bridgehead atoms. The van der Waals surface area contributed by atoms with E-state index in [2.05, 4.69) is 55.6 Å². The van der Waals surface area contributed by atoms with Gasteiger partial charge in [0.15, 0.2) is 14.1 Å². The van der Waals surface area contributed by atoms with Crippen LogP contribution in [0.25, 0.3) is 11.4 Å². The number of benzene rings is 1. The average Bonchev–Trinajstić information content (AvgIpc) is 2.88. The third-order valence-corrected chi connectivity index (χ3v) is 12.4. The Kier molecular flexibility index (Phi) is 6.35. The van der Waals surface area contributed by atoms with Crippen LogP contribution in [0.4, 0.5) is 0 Å². The molecule has 28 heavy (non-hydrogen) atoms. The van der Waals surface area contributed by atoms with Gasteiger partial charge in [0.1, 0.15) is 5.82 Å². The first-order chi connectivity index (χ1) is 13.0. The minimum absolute atomic E-state index is 0.113. The van der Waals surface area contributed by atoms with E-state index in [-0.39, 0.29) is 9.79 Å². The minimum Gasteiger partial charge on any atom is -0.417 e. The Labute approximate surface area is 179 Å². The zero-order valence-corrected chi connectivity index (χ0v) is 20.5. The zero-order chi connectivity index (χ0) is 20.6. The Morgan fingerprint density at radius 1 is 1.25 bits per heavy atom. The van der Waals surface area contributed by atoms with Crippen molar-refractivity contribution in [3.63, 3.8) is 0 Å². The maximum absolute atomic E-state index is 6.45. The van der Waals surface area contributed by atoms with Gasteiger partial charge in [0.25, 0.3) is 0 Å². The number of rotatable bonds is 5. The molecule has 0 N–H and O–H groups in total. The lowest BCUT2D eigenvalue weighted by molar-refractivity contribution is 0.267. The van der Waals surface area contributed by atoms with E-state index in [1.54, 1.807) is 0 Å². The van der Waals surface area contributed by atoms with E-state index < -0.39 is 8.32 Å². The van der Waals surface area contributed by atoms with E-state index in [0.29, 0.717) is 0 Å². The highest BCUT2D eigenvalue weighted by molar-refractivity contribution is 8.00. The molecular weight excluding hydrogens is 406 g/mol. The maximum atomic E-state index is 6.45. The molecule has 2 aromatic rings. The second-order valence-electron chi connectivity index (χ2n) is 9.41. The van der Waals surface area contributed by atoms with E-state index in [0.717, 1.165) is 54.0 Å². The quantitative estimate of drug-likeness (QED) is 0.533. The molecule has 3 rings (SSSR count). The van der Waals surface area contributed by atoms with Gasteiger partial charge >= 0.3 is 0 Å². The van der Waals surface area contributed by atoms with Gasteiger partial charge in [-0.25, -0.2) is 0 Å². The van der Waals surface area contributed by atoms with Crippen molar-refractivity contribution in [3.8, 4) is 11.4 Å². The lowest BCUT2D eigenvalue weighted by Gasteiger charge is -2.37. The van der Waals surface area contributed by atoms with E-state index in [1.165, 1.54) is 0 Å². The van der Waals surface area contributed by atoms with Gasteiger partial charge in [0.2, 0.25) is 0 Å². The van der Waals surface area contributed by atoms with Crippen LogP contribution in [-0.4, -0.2) is 40.2 Å². The lowest BCUT2D eigenvalue weighted by atomic mass is 10.0. The lowest BCUT2D eigenvalue weighted by Crippen LogP contribution is -2.42. The Morgan fingerprint density at radius 3 is 2.64 bits per heavy atom. The van der Waals surface area contributed by atoms with Gasteiger partial charge in [0, 0.05) is 35.6 Å². The van der Waals surface area contributed by atoms with Crippen LogP contribution < -0.4 is 0 Å². The molecule has 1 aliphatic rings. The normalized spacial score (nSPS) is 20.7. The summed E-state index contributed by atoms with van der Waals surface area (Å²) in [4.78, 5) is 0. The van der Waals surface area contributed by atoms with E-state index >= 15 is 0 Å². The summed E-state index contributed by atoms with van der Waals surface area (Å²) in [5.41, 5.74) is 0.956. The molecule has 0 saturated carbocycles. The number of hydrogen-bond acceptors (Lipinski definition) is 4. The topological polar surface area (TPSA) is 39.9 Å². The largest absolute Gasteiger partial charge is 0.417 e. The molecule has 0 amide bonds. The molecule has 1 unspecified atom stereocenters. The Morgan fingerprint density at radius 2 is 1.96 bits per heavy atom. The highest BCUT2D eigenvalue weighted by Crippen LogP contribution is 2.39. The summed E-state index contributed by atoms with van der Waals surface area (Å²) in [6.45, 7) is 15.6. The molecule has 4 nitrogen and oxygen atoms in total. The van der Waals surface area contributed by atoms with Gasteiger partial charge in [-0.05, 0) is 43.6 Å². The van der Waals surface area contributed by atoms with Gasteiger partial charge < -0.3 is 8.99 Å². The molecule has 1 aromatic carbocycles. The summed E-state index contributed by atoms with van der Waals surface area (Å²) < 4.78 is 8.80. The summed E-state index contributed by atoms with van der Waals surface area (Å²) in [7, 11) is -1.71. The van der Waals surface area contributed by atoms with Crippen LogP contribution >= 0.6 is 23.4 Å². The van der Waals surface area contributed by atoms with Crippen LogP contribution in [0.5, 0.6) is 0 Å². The SMILES string of the molecule is CC1(CCO[Si](C)(C)C(C)(C)C)Cc2nnc(-c3ccccc3Cl)n2CCS1. The van der Waals surface area contributed by atoms with Crippen molar-refractivity contribution in [2.45, 2.75) is 70.0 Å². The number of aromatic nitrogens is 3. The van der Waals surface area contributed by atoms with Crippen molar-refractivity contribution in [1.29, 1.82) is 0 Å². The van der Waals surface area contributed by atoms with Crippen molar-refractivity contribution >= 4 is 31.7 Å². The summed E-state index contributed by atoms with van der Waals surface area (Å²) in [5, 5.41) is 9.98. The van der Waals surface area contributed by atoms with Crippen LogP contribution in [-0.2, 0) is 17.4 Å². The number of halogens is 1. The standard InChI is InChI=1S/C21H32ClN3OSSi/c1-20(2,3)28(5,6)26-13-11-21(4)15-18-23-24-19(25(18)12-14-27-21)16-9-7-8-10-17(16)22/h7-10H,11-15H2,1-6H3. The molecule has 0 aliphatic carbocycles. The predicted molar refractivity (Wildman–Crippen MR) is 123 cm³/mol. The van der Waals surface area contributed by atoms with Crippen molar-refractivity contribution in [3.05, 3.63) is 35.1 Å². The number of nitrogens with zero attached hydrogens (tertiary/aromatic N) is 3. The van der Waals surface area contributed by atoms with Crippen molar-refractivity contribution in [1.82, 2.24) is 14.8 Å². The van der Waals surface area contributed by atoms with Crippen LogP contribution in [0.15, 0.2) is 24.3 Å². The molecule has 0 saturated heterocycles. The van der Waals surface area contributed by atoms with Crippen molar-refractivity contribution in [2.75, 3.05) is 12.4 Å².